The van der Waals surface area contributed by atoms with Crippen LogP contribution in [0.15, 0.2) is 18.2 Å². The number of carboxylic acid groups (broad SMARTS) is 1. The summed E-state index contributed by atoms with van der Waals surface area (Å²) in [6.07, 6.45) is 1.91. The maximum atomic E-state index is 11.1. The molecular formula is C13H16N2O6. The fourth-order valence-electron chi connectivity index (χ4n) is 1.81. The predicted molar refractivity (Wildman–Crippen MR) is 72.7 cm³/mol. The monoisotopic (exact) mass is 296 g/mol. The molecule has 2 N–H and O–H groups in total. The molecule has 0 bridgehead atoms. The van der Waals surface area contributed by atoms with Gasteiger partial charge in [-0.1, -0.05) is 0 Å². The van der Waals surface area contributed by atoms with E-state index in [2.05, 4.69) is 5.32 Å². The number of nitrogens with one attached hydrogen (secondary N) is 1. The van der Waals surface area contributed by atoms with Gasteiger partial charge in [0.2, 0.25) is 0 Å². The number of nitro benzene ring substituents is 1. The number of ether oxygens (including phenoxy) is 2. The van der Waals surface area contributed by atoms with Gasteiger partial charge in [-0.05, 0) is 25.0 Å². The lowest BCUT2D eigenvalue weighted by molar-refractivity contribution is -0.385. The van der Waals surface area contributed by atoms with Crippen molar-refractivity contribution in [2.75, 3.05) is 13.7 Å². The van der Waals surface area contributed by atoms with E-state index in [4.69, 9.17) is 14.6 Å². The van der Waals surface area contributed by atoms with Gasteiger partial charge in [-0.3, -0.25) is 20.2 Å². The molecule has 0 radical (unpaired) electrons. The zero-order valence-corrected chi connectivity index (χ0v) is 11.4. The average Bonchev–Trinajstić information content (AvgIpc) is 3.26. The summed E-state index contributed by atoms with van der Waals surface area (Å²) in [5, 5.41) is 22.9. The quantitative estimate of drug-likeness (QED) is 0.547. The SMILES string of the molecule is COc1ccc(OCC(NC2CC2)C(=O)O)cc1[N+](=O)[O-]. The Bertz CT molecular complexity index is 543. The van der Waals surface area contributed by atoms with Gasteiger partial charge in [0.05, 0.1) is 18.1 Å². The van der Waals surface area contributed by atoms with Gasteiger partial charge in [-0.25, -0.2) is 0 Å². The van der Waals surface area contributed by atoms with Crippen molar-refractivity contribution < 1.29 is 24.3 Å². The molecule has 21 heavy (non-hydrogen) atoms. The van der Waals surface area contributed by atoms with Crippen LogP contribution in [0.4, 0.5) is 5.69 Å². The molecule has 1 aromatic carbocycles. The molecule has 0 amide bonds. The first-order chi connectivity index (χ1) is 10.0. The number of nitrogens with zero attached hydrogens (tertiary/aromatic N) is 1. The van der Waals surface area contributed by atoms with E-state index in [1.165, 1.54) is 25.3 Å². The molecule has 8 heteroatoms. The molecule has 1 atom stereocenters. The summed E-state index contributed by atoms with van der Waals surface area (Å²) in [6.45, 7) is -0.102. The van der Waals surface area contributed by atoms with E-state index in [1.54, 1.807) is 0 Å². The lowest BCUT2D eigenvalue weighted by Crippen LogP contribution is -2.42. The molecule has 1 saturated carbocycles. The lowest BCUT2D eigenvalue weighted by atomic mass is 10.2. The second-order valence-corrected chi connectivity index (χ2v) is 4.73. The zero-order valence-electron chi connectivity index (χ0n) is 11.4. The molecule has 0 aromatic heterocycles. The molecule has 1 aliphatic carbocycles. The average molecular weight is 296 g/mol. The highest BCUT2D eigenvalue weighted by molar-refractivity contribution is 5.73. The van der Waals surface area contributed by atoms with Crippen LogP contribution in [0.25, 0.3) is 0 Å². The van der Waals surface area contributed by atoms with Crippen LogP contribution >= 0.6 is 0 Å². The van der Waals surface area contributed by atoms with E-state index in [1.807, 2.05) is 0 Å². The Kier molecular flexibility index (Phi) is 4.59. The molecule has 0 heterocycles. The summed E-state index contributed by atoms with van der Waals surface area (Å²) in [7, 11) is 1.34. The van der Waals surface area contributed by atoms with Crippen molar-refractivity contribution in [3.05, 3.63) is 28.3 Å². The molecule has 1 unspecified atom stereocenters. The Balaban J connectivity index is 2.02. The second-order valence-electron chi connectivity index (χ2n) is 4.73. The highest BCUT2D eigenvalue weighted by atomic mass is 16.6. The standard InChI is InChI=1S/C13H16N2O6/c1-20-12-5-4-9(6-11(12)15(18)19)21-7-10(13(16)17)14-8-2-3-8/h4-6,8,10,14H,2-3,7H2,1H3,(H,16,17). The van der Waals surface area contributed by atoms with Crippen LogP contribution in [-0.4, -0.2) is 41.8 Å². The van der Waals surface area contributed by atoms with Gasteiger partial charge in [0.15, 0.2) is 5.75 Å². The Morgan fingerprint density at radius 2 is 2.29 bits per heavy atom. The lowest BCUT2D eigenvalue weighted by Gasteiger charge is -2.15. The van der Waals surface area contributed by atoms with Gasteiger partial charge < -0.3 is 14.6 Å². The zero-order chi connectivity index (χ0) is 15.4. The van der Waals surface area contributed by atoms with Crippen LogP contribution in [0.2, 0.25) is 0 Å². The van der Waals surface area contributed by atoms with Crippen LogP contribution in [0.3, 0.4) is 0 Å². The van der Waals surface area contributed by atoms with E-state index < -0.39 is 16.9 Å². The number of benzene rings is 1. The van der Waals surface area contributed by atoms with E-state index in [9.17, 15) is 14.9 Å². The van der Waals surface area contributed by atoms with Crippen molar-refractivity contribution in [3.63, 3.8) is 0 Å². The summed E-state index contributed by atoms with van der Waals surface area (Å²) in [6, 6.07) is 3.52. The first kappa shape index (κ1) is 15.0. The summed E-state index contributed by atoms with van der Waals surface area (Å²) in [5.41, 5.74) is -0.225. The van der Waals surface area contributed by atoms with Gasteiger partial charge >= 0.3 is 11.7 Å². The molecule has 8 nitrogen and oxygen atoms in total. The first-order valence-electron chi connectivity index (χ1n) is 6.45. The smallest absolute Gasteiger partial charge is 0.324 e. The molecule has 0 saturated heterocycles. The summed E-state index contributed by atoms with van der Waals surface area (Å²) in [5.74, 6) is -0.658. The number of rotatable bonds is 8. The molecular weight excluding hydrogens is 280 g/mol. The Hall–Kier alpha value is -2.35. The van der Waals surface area contributed by atoms with Crippen molar-refractivity contribution in [1.82, 2.24) is 5.32 Å². The van der Waals surface area contributed by atoms with E-state index in [0.717, 1.165) is 12.8 Å². The predicted octanol–water partition coefficient (Wildman–Crippen LogP) is 1.19. The molecule has 1 aromatic rings. The molecule has 1 aliphatic rings. The van der Waals surface area contributed by atoms with E-state index in [-0.39, 0.29) is 29.8 Å². The highest BCUT2D eigenvalue weighted by Crippen LogP contribution is 2.30. The fourth-order valence-corrected chi connectivity index (χ4v) is 1.81. The van der Waals surface area contributed by atoms with Gasteiger partial charge in [-0.15, -0.1) is 0 Å². The van der Waals surface area contributed by atoms with E-state index >= 15 is 0 Å². The van der Waals surface area contributed by atoms with Crippen LogP contribution in [0.5, 0.6) is 11.5 Å². The maximum Gasteiger partial charge on any atom is 0.324 e. The Labute approximate surface area is 120 Å². The maximum absolute atomic E-state index is 11.1. The van der Waals surface area contributed by atoms with Gasteiger partial charge in [0, 0.05) is 6.04 Å². The third kappa shape index (κ3) is 4.06. The van der Waals surface area contributed by atoms with Gasteiger partial charge in [0.25, 0.3) is 0 Å². The molecule has 1 fully saturated rings. The Morgan fingerprint density at radius 1 is 1.57 bits per heavy atom. The normalized spacial score (nSPS) is 15.3. The van der Waals surface area contributed by atoms with Crippen LogP contribution in [-0.2, 0) is 4.79 Å². The van der Waals surface area contributed by atoms with Crippen molar-refractivity contribution in [2.45, 2.75) is 24.9 Å². The minimum atomic E-state index is -1.01. The Morgan fingerprint density at radius 3 is 2.81 bits per heavy atom. The minimum Gasteiger partial charge on any atom is -0.491 e. The van der Waals surface area contributed by atoms with E-state index in [0.29, 0.717) is 0 Å². The summed E-state index contributed by atoms with van der Waals surface area (Å²) >= 11 is 0. The number of carbonyl (C=O) groups is 1. The van der Waals surface area contributed by atoms with Crippen molar-refractivity contribution in [2.24, 2.45) is 0 Å². The van der Waals surface area contributed by atoms with Gasteiger partial charge in [0.1, 0.15) is 18.4 Å². The van der Waals surface area contributed by atoms with Crippen molar-refractivity contribution in [3.8, 4) is 11.5 Å². The molecule has 0 spiro atoms. The largest absolute Gasteiger partial charge is 0.491 e. The molecule has 2 rings (SSSR count). The van der Waals surface area contributed by atoms with Gasteiger partial charge in [-0.2, -0.15) is 0 Å². The fraction of sp³-hybridized carbons (Fsp3) is 0.462. The first-order valence-corrected chi connectivity index (χ1v) is 6.45. The van der Waals surface area contributed by atoms with Crippen molar-refractivity contribution >= 4 is 11.7 Å². The van der Waals surface area contributed by atoms with Crippen molar-refractivity contribution in [1.29, 1.82) is 0 Å². The third-order valence-corrected chi connectivity index (χ3v) is 3.08. The highest BCUT2D eigenvalue weighted by Gasteiger charge is 2.28. The number of methoxy groups -OCH3 is 1. The topological polar surface area (TPSA) is 111 Å². The number of hydrogen-bond acceptors (Lipinski definition) is 6. The van der Waals surface area contributed by atoms with Crippen LogP contribution < -0.4 is 14.8 Å². The number of aliphatic carboxylic acids is 1. The minimum absolute atomic E-state index is 0.102. The number of hydrogen-bond donors (Lipinski definition) is 2. The molecule has 0 aliphatic heterocycles. The second kappa shape index (κ2) is 6.40. The van der Waals surface area contributed by atoms with Crippen LogP contribution in [0, 0.1) is 10.1 Å². The summed E-state index contributed by atoms with van der Waals surface area (Å²) in [4.78, 5) is 21.4. The summed E-state index contributed by atoms with van der Waals surface area (Å²) < 4.78 is 10.2. The number of nitro groups is 1. The molecule has 114 valence electrons. The van der Waals surface area contributed by atoms with Crippen LogP contribution in [0.1, 0.15) is 12.8 Å². The third-order valence-electron chi connectivity index (χ3n) is 3.08. The number of carboxylic acids is 1.